The third-order valence-electron chi connectivity index (χ3n) is 8.66. The van der Waals surface area contributed by atoms with E-state index in [0.29, 0.717) is 35.0 Å². The minimum Gasteiger partial charge on any atom is -0.390 e. The Morgan fingerprint density at radius 1 is 1.14 bits per heavy atom. The summed E-state index contributed by atoms with van der Waals surface area (Å²) in [6, 6.07) is 11.8. The zero-order chi connectivity index (χ0) is 24.2. The van der Waals surface area contributed by atoms with Crippen LogP contribution in [0.2, 0.25) is 0 Å². The van der Waals surface area contributed by atoms with Crippen LogP contribution in [0, 0.1) is 29.1 Å². The number of carbonyl (C=O) groups is 1. The van der Waals surface area contributed by atoms with Gasteiger partial charge in [-0.25, -0.2) is 9.97 Å². The van der Waals surface area contributed by atoms with E-state index in [4.69, 9.17) is 5.26 Å². The molecule has 2 heterocycles. The maximum Gasteiger partial charge on any atom is 0.270 e. The van der Waals surface area contributed by atoms with Gasteiger partial charge in [-0.05, 0) is 87.1 Å². The SMILES string of the molecule is C[C@@H]1CN(c2ccc(C#N)cc2)CCN1c1nccc(C(=O)N[C@H]2C3CC4CC2C[C@](O)(C4)C3)n1. The molecule has 8 nitrogen and oxygen atoms in total. The molecule has 1 aromatic heterocycles. The van der Waals surface area contributed by atoms with Crippen molar-refractivity contribution in [3.63, 3.8) is 0 Å². The highest BCUT2D eigenvalue weighted by Crippen LogP contribution is 2.55. The van der Waals surface area contributed by atoms with Crippen LogP contribution in [0.3, 0.4) is 0 Å². The van der Waals surface area contributed by atoms with Gasteiger partial charge in [0.25, 0.3) is 5.91 Å². The molecule has 182 valence electrons. The number of nitrogens with zero attached hydrogens (tertiary/aromatic N) is 5. The van der Waals surface area contributed by atoms with Crippen molar-refractivity contribution in [3.8, 4) is 6.07 Å². The Kier molecular flexibility index (Phi) is 5.41. The van der Waals surface area contributed by atoms with E-state index in [-0.39, 0.29) is 18.0 Å². The van der Waals surface area contributed by atoms with Gasteiger partial charge < -0.3 is 20.2 Å². The molecule has 0 radical (unpaired) electrons. The number of piperazine rings is 1. The Balaban J connectivity index is 1.12. The van der Waals surface area contributed by atoms with Crippen LogP contribution in [0.25, 0.3) is 0 Å². The standard InChI is InChI=1S/C27H32N6O2/c1-17-16-32(22-4-2-18(15-28)3-5-22)8-9-33(17)26-29-7-6-23(30-26)25(34)31-24-20-10-19-11-21(24)14-27(35,12-19)13-20/h2-7,17,19-21,24,35H,8-14,16H2,1H3,(H,31,34)/t17-,19?,20?,21?,24-,27-/m1/s1. The first kappa shape index (κ1) is 22.3. The maximum absolute atomic E-state index is 13.2. The minimum absolute atomic E-state index is 0.132. The van der Waals surface area contributed by atoms with Gasteiger partial charge in [0.15, 0.2) is 0 Å². The second-order valence-electron chi connectivity index (χ2n) is 11.1. The number of rotatable bonds is 4. The van der Waals surface area contributed by atoms with E-state index in [0.717, 1.165) is 57.4 Å². The van der Waals surface area contributed by atoms with Gasteiger partial charge >= 0.3 is 0 Å². The van der Waals surface area contributed by atoms with Crippen LogP contribution in [0.4, 0.5) is 11.6 Å². The molecule has 2 N–H and O–H groups in total. The third kappa shape index (κ3) is 4.12. The lowest BCUT2D eigenvalue weighted by molar-refractivity contribution is -0.136. The van der Waals surface area contributed by atoms with Gasteiger partial charge in [0.1, 0.15) is 5.69 Å². The van der Waals surface area contributed by atoms with Crippen molar-refractivity contribution in [2.24, 2.45) is 17.8 Å². The van der Waals surface area contributed by atoms with E-state index in [1.807, 2.05) is 24.3 Å². The molecule has 7 rings (SSSR count). The first-order valence-electron chi connectivity index (χ1n) is 12.8. The number of nitrogens with one attached hydrogen (secondary N) is 1. The predicted octanol–water partition coefficient (Wildman–Crippen LogP) is 2.73. The number of benzene rings is 1. The van der Waals surface area contributed by atoms with E-state index in [9.17, 15) is 9.90 Å². The largest absolute Gasteiger partial charge is 0.390 e. The first-order valence-corrected chi connectivity index (χ1v) is 12.8. The minimum atomic E-state index is -0.504. The van der Waals surface area contributed by atoms with Gasteiger partial charge in [0, 0.05) is 43.6 Å². The fraction of sp³-hybridized carbons (Fsp3) is 0.556. The van der Waals surface area contributed by atoms with Gasteiger partial charge in [-0.2, -0.15) is 5.26 Å². The van der Waals surface area contributed by atoms with Gasteiger partial charge in [0.2, 0.25) is 5.95 Å². The molecule has 5 fully saturated rings. The smallest absolute Gasteiger partial charge is 0.270 e. The fourth-order valence-corrected chi connectivity index (χ4v) is 7.29. The van der Waals surface area contributed by atoms with Gasteiger partial charge in [-0.3, -0.25) is 4.79 Å². The molecule has 5 aliphatic rings. The molecular formula is C27H32N6O2. The molecule has 4 aliphatic carbocycles. The lowest BCUT2D eigenvalue weighted by Crippen LogP contribution is -2.61. The highest BCUT2D eigenvalue weighted by molar-refractivity contribution is 5.92. The van der Waals surface area contributed by atoms with Crippen molar-refractivity contribution >= 4 is 17.5 Å². The van der Waals surface area contributed by atoms with Gasteiger partial charge in [-0.1, -0.05) is 0 Å². The molecule has 2 unspecified atom stereocenters. The summed E-state index contributed by atoms with van der Waals surface area (Å²) in [4.78, 5) is 26.8. The maximum atomic E-state index is 13.2. The molecule has 0 spiro atoms. The molecule has 1 aromatic carbocycles. The van der Waals surface area contributed by atoms with Gasteiger partial charge in [0.05, 0.1) is 17.2 Å². The third-order valence-corrected chi connectivity index (χ3v) is 8.66. The molecule has 4 bridgehead atoms. The van der Waals surface area contributed by atoms with E-state index >= 15 is 0 Å². The van der Waals surface area contributed by atoms with Crippen LogP contribution >= 0.6 is 0 Å². The molecule has 8 heteroatoms. The summed E-state index contributed by atoms with van der Waals surface area (Å²) in [6.07, 6.45) is 6.45. The van der Waals surface area contributed by atoms with E-state index in [2.05, 4.69) is 38.1 Å². The Morgan fingerprint density at radius 2 is 1.89 bits per heavy atom. The predicted molar refractivity (Wildman–Crippen MR) is 132 cm³/mol. The van der Waals surface area contributed by atoms with Crippen molar-refractivity contribution in [2.75, 3.05) is 29.4 Å². The monoisotopic (exact) mass is 472 g/mol. The molecular weight excluding hydrogens is 440 g/mol. The molecule has 35 heavy (non-hydrogen) atoms. The lowest BCUT2D eigenvalue weighted by atomic mass is 9.52. The zero-order valence-corrected chi connectivity index (χ0v) is 20.1. The topological polar surface area (TPSA) is 105 Å². The van der Waals surface area contributed by atoms with E-state index in [1.54, 1.807) is 12.3 Å². The number of carbonyl (C=O) groups excluding carboxylic acids is 1. The molecule has 4 saturated carbocycles. The Morgan fingerprint density at radius 3 is 2.54 bits per heavy atom. The summed E-state index contributed by atoms with van der Waals surface area (Å²) in [7, 11) is 0. The number of aliphatic hydroxyl groups is 1. The number of hydrogen-bond acceptors (Lipinski definition) is 7. The number of anilines is 2. The Bertz CT molecular complexity index is 1150. The van der Waals surface area contributed by atoms with Crippen molar-refractivity contribution in [2.45, 2.75) is 56.7 Å². The quantitative estimate of drug-likeness (QED) is 0.705. The number of hydrogen-bond donors (Lipinski definition) is 2. The van der Waals surface area contributed by atoms with Crippen LogP contribution in [-0.2, 0) is 0 Å². The number of aromatic nitrogens is 2. The van der Waals surface area contributed by atoms with Crippen LogP contribution in [0.1, 0.15) is 55.1 Å². The summed E-state index contributed by atoms with van der Waals surface area (Å²) in [6.45, 7) is 4.51. The molecule has 2 aromatic rings. The highest BCUT2D eigenvalue weighted by atomic mass is 16.3. The van der Waals surface area contributed by atoms with Crippen molar-refractivity contribution < 1.29 is 9.90 Å². The van der Waals surface area contributed by atoms with E-state index < -0.39 is 5.60 Å². The normalized spacial score (nSPS) is 33.5. The summed E-state index contributed by atoms with van der Waals surface area (Å²) in [5.41, 5.74) is 1.66. The Hall–Kier alpha value is -3.18. The van der Waals surface area contributed by atoms with Crippen molar-refractivity contribution in [1.82, 2.24) is 15.3 Å². The zero-order valence-electron chi connectivity index (χ0n) is 20.1. The highest BCUT2D eigenvalue weighted by Gasteiger charge is 2.55. The van der Waals surface area contributed by atoms with Crippen LogP contribution in [0.5, 0.6) is 0 Å². The summed E-state index contributed by atoms with van der Waals surface area (Å²) in [5.74, 6) is 1.80. The number of nitriles is 1. The van der Waals surface area contributed by atoms with Crippen molar-refractivity contribution in [1.29, 1.82) is 5.26 Å². The molecule has 1 aliphatic heterocycles. The second-order valence-corrected chi connectivity index (χ2v) is 11.1. The molecule has 3 atom stereocenters. The van der Waals surface area contributed by atoms with Gasteiger partial charge in [-0.15, -0.1) is 0 Å². The fourth-order valence-electron chi connectivity index (χ4n) is 7.29. The Labute approximate surface area is 206 Å². The van der Waals surface area contributed by atoms with E-state index in [1.165, 1.54) is 0 Å². The molecule has 1 saturated heterocycles. The second kappa shape index (κ2) is 8.49. The van der Waals surface area contributed by atoms with Crippen LogP contribution < -0.4 is 15.1 Å². The first-order chi connectivity index (χ1) is 16.9. The molecule has 1 amide bonds. The summed E-state index contributed by atoms with van der Waals surface area (Å²) >= 11 is 0. The van der Waals surface area contributed by atoms with Crippen molar-refractivity contribution in [3.05, 3.63) is 47.8 Å². The summed E-state index contributed by atoms with van der Waals surface area (Å²) < 4.78 is 0. The van der Waals surface area contributed by atoms with Crippen LogP contribution in [0.15, 0.2) is 36.5 Å². The number of amides is 1. The van der Waals surface area contributed by atoms with Crippen LogP contribution in [-0.4, -0.2) is 58.3 Å². The average molecular weight is 473 g/mol. The summed E-state index contributed by atoms with van der Waals surface area (Å²) in [5, 5.41) is 23.2. The average Bonchev–Trinajstić information content (AvgIpc) is 2.85. The lowest BCUT2D eigenvalue weighted by Gasteiger charge is -2.58.